The van der Waals surface area contributed by atoms with Crippen LogP contribution in [0.5, 0.6) is 0 Å². The summed E-state index contributed by atoms with van der Waals surface area (Å²) in [4.78, 5) is 3.64. The molecule has 0 spiro atoms. The van der Waals surface area contributed by atoms with Crippen LogP contribution in [0.25, 0.3) is 0 Å². The number of hydrogen-bond donors (Lipinski definition) is 1. The molecule has 5 nitrogen and oxygen atoms in total. The Hall–Kier alpha value is -1.54. The molecule has 0 aliphatic carbocycles. The van der Waals surface area contributed by atoms with Crippen molar-refractivity contribution in [1.82, 2.24) is 9.29 Å². The Balaban J connectivity index is 2.41. The van der Waals surface area contributed by atoms with Crippen LogP contribution in [0.3, 0.4) is 0 Å². The molecule has 0 radical (unpaired) electrons. The predicted octanol–water partition coefficient (Wildman–Crippen LogP) is 2.23. The first-order valence-electron chi connectivity index (χ1n) is 6.31. The smallest absolute Gasteiger partial charge is 0.245 e. The Morgan fingerprint density at radius 3 is 2.68 bits per heavy atom. The summed E-state index contributed by atoms with van der Waals surface area (Å²) in [6.45, 7) is -0.493. The van der Waals surface area contributed by atoms with Crippen LogP contribution >= 0.6 is 11.6 Å². The van der Waals surface area contributed by atoms with E-state index in [1.807, 2.05) is 0 Å². The minimum Gasteiger partial charge on any atom is -0.394 e. The van der Waals surface area contributed by atoms with E-state index >= 15 is 0 Å². The molecule has 1 aromatic heterocycles. The van der Waals surface area contributed by atoms with E-state index in [-0.39, 0.29) is 9.92 Å². The van der Waals surface area contributed by atoms with Crippen molar-refractivity contribution < 1.29 is 17.9 Å². The van der Waals surface area contributed by atoms with Gasteiger partial charge in [-0.2, -0.15) is 4.31 Å². The van der Waals surface area contributed by atoms with E-state index in [1.165, 1.54) is 37.5 Å². The number of rotatable bonds is 5. The standard InChI is InChI=1S/C14H14ClFN2O3S/c1-18(14(9-19)10-3-2-4-12(16)5-10)22(20,21)13-6-11(15)7-17-8-13/h2-8,14,19H,9H2,1H3/t14-/m1/s1. The first kappa shape index (κ1) is 16.8. The van der Waals surface area contributed by atoms with Crippen molar-refractivity contribution in [3.63, 3.8) is 0 Å². The number of likely N-dealkylation sites (N-methyl/N-ethyl adjacent to an activating group) is 1. The van der Waals surface area contributed by atoms with Gasteiger partial charge in [-0.3, -0.25) is 4.98 Å². The second-order valence-corrected chi connectivity index (χ2v) is 7.05. The summed E-state index contributed by atoms with van der Waals surface area (Å²) < 4.78 is 39.4. The average Bonchev–Trinajstić information content (AvgIpc) is 2.48. The van der Waals surface area contributed by atoms with E-state index in [0.717, 1.165) is 10.5 Å². The van der Waals surface area contributed by atoms with Gasteiger partial charge >= 0.3 is 0 Å². The van der Waals surface area contributed by atoms with Gasteiger partial charge in [0.25, 0.3) is 0 Å². The number of benzene rings is 1. The fourth-order valence-electron chi connectivity index (χ4n) is 2.01. The normalized spacial score (nSPS) is 13.3. The lowest BCUT2D eigenvalue weighted by atomic mass is 10.1. The van der Waals surface area contributed by atoms with E-state index in [9.17, 15) is 17.9 Å². The van der Waals surface area contributed by atoms with Crippen LogP contribution in [0.4, 0.5) is 4.39 Å². The molecule has 0 amide bonds. The maximum Gasteiger partial charge on any atom is 0.245 e. The summed E-state index contributed by atoms with van der Waals surface area (Å²) in [5, 5.41) is 9.72. The fraction of sp³-hybridized carbons (Fsp3) is 0.214. The van der Waals surface area contributed by atoms with Crippen LogP contribution in [0.2, 0.25) is 5.02 Å². The number of aliphatic hydroxyl groups excluding tert-OH is 1. The molecule has 0 aliphatic heterocycles. The molecule has 1 atom stereocenters. The molecule has 0 bridgehead atoms. The van der Waals surface area contributed by atoms with Gasteiger partial charge in [0.15, 0.2) is 0 Å². The number of nitrogens with zero attached hydrogens (tertiary/aromatic N) is 2. The molecular formula is C14H14ClFN2O3S. The number of halogens is 2. The minimum absolute atomic E-state index is 0.0997. The Kier molecular flexibility index (Phi) is 5.12. The van der Waals surface area contributed by atoms with Crippen LogP contribution in [0.1, 0.15) is 11.6 Å². The van der Waals surface area contributed by atoms with Crippen molar-refractivity contribution in [1.29, 1.82) is 0 Å². The van der Waals surface area contributed by atoms with Crippen molar-refractivity contribution in [2.24, 2.45) is 0 Å². The van der Waals surface area contributed by atoms with Gasteiger partial charge in [0.1, 0.15) is 10.7 Å². The van der Waals surface area contributed by atoms with Crippen molar-refractivity contribution in [3.05, 3.63) is 59.1 Å². The highest BCUT2D eigenvalue weighted by Crippen LogP contribution is 2.26. The van der Waals surface area contributed by atoms with Gasteiger partial charge in [0.05, 0.1) is 17.7 Å². The zero-order valence-corrected chi connectivity index (χ0v) is 13.2. The largest absolute Gasteiger partial charge is 0.394 e. The number of aliphatic hydroxyl groups is 1. The molecule has 0 saturated carbocycles. The lowest BCUT2D eigenvalue weighted by molar-refractivity contribution is 0.204. The van der Waals surface area contributed by atoms with Gasteiger partial charge < -0.3 is 5.11 Å². The fourth-order valence-corrected chi connectivity index (χ4v) is 3.58. The molecule has 1 heterocycles. The molecule has 1 N–H and O–H groups in total. The van der Waals surface area contributed by atoms with E-state index in [2.05, 4.69) is 4.98 Å². The maximum absolute atomic E-state index is 13.3. The molecule has 1 aromatic carbocycles. The molecule has 0 saturated heterocycles. The van der Waals surface area contributed by atoms with Crippen molar-refractivity contribution in [2.75, 3.05) is 13.7 Å². The highest BCUT2D eigenvalue weighted by atomic mass is 35.5. The van der Waals surface area contributed by atoms with Gasteiger partial charge in [-0.05, 0) is 23.8 Å². The Labute approximate surface area is 133 Å². The summed E-state index contributed by atoms with van der Waals surface area (Å²) in [6.07, 6.45) is 2.48. The zero-order chi connectivity index (χ0) is 16.3. The molecule has 2 rings (SSSR count). The van der Waals surface area contributed by atoms with E-state index < -0.39 is 28.5 Å². The Bertz CT molecular complexity index is 770. The summed E-state index contributed by atoms with van der Waals surface area (Å²) in [5.74, 6) is -0.508. The SMILES string of the molecule is CN([C@H](CO)c1cccc(F)c1)S(=O)(=O)c1cncc(Cl)c1. The minimum atomic E-state index is -3.93. The third-order valence-electron chi connectivity index (χ3n) is 3.20. The lowest BCUT2D eigenvalue weighted by Gasteiger charge is -2.26. The molecule has 8 heteroatoms. The van der Waals surface area contributed by atoms with Crippen LogP contribution in [-0.2, 0) is 10.0 Å². The lowest BCUT2D eigenvalue weighted by Crippen LogP contribution is -2.33. The topological polar surface area (TPSA) is 70.5 Å². The zero-order valence-electron chi connectivity index (χ0n) is 11.6. The average molecular weight is 345 g/mol. The van der Waals surface area contributed by atoms with Crippen LogP contribution in [-0.4, -0.2) is 36.5 Å². The van der Waals surface area contributed by atoms with Crippen LogP contribution in [0, 0.1) is 5.82 Å². The highest BCUT2D eigenvalue weighted by molar-refractivity contribution is 7.89. The van der Waals surface area contributed by atoms with E-state index in [0.29, 0.717) is 5.56 Å². The van der Waals surface area contributed by atoms with Crippen LogP contribution < -0.4 is 0 Å². The predicted molar refractivity (Wildman–Crippen MR) is 80.4 cm³/mol. The van der Waals surface area contributed by atoms with Gasteiger partial charge in [0.2, 0.25) is 10.0 Å². The molecular weight excluding hydrogens is 331 g/mol. The monoisotopic (exact) mass is 344 g/mol. The first-order chi connectivity index (χ1) is 10.4. The Morgan fingerprint density at radius 1 is 1.36 bits per heavy atom. The number of pyridine rings is 1. The molecule has 22 heavy (non-hydrogen) atoms. The van der Waals surface area contributed by atoms with E-state index in [1.54, 1.807) is 6.07 Å². The summed E-state index contributed by atoms with van der Waals surface area (Å²) in [6, 6.07) is 5.78. The van der Waals surface area contributed by atoms with Crippen LogP contribution in [0.15, 0.2) is 47.6 Å². The highest BCUT2D eigenvalue weighted by Gasteiger charge is 2.29. The second kappa shape index (κ2) is 6.70. The van der Waals surface area contributed by atoms with Gasteiger partial charge in [-0.15, -0.1) is 0 Å². The quantitative estimate of drug-likeness (QED) is 0.903. The summed E-state index contributed by atoms with van der Waals surface area (Å²) in [7, 11) is -2.62. The Morgan fingerprint density at radius 2 is 2.09 bits per heavy atom. The molecule has 0 unspecified atom stereocenters. The second-order valence-electron chi connectivity index (χ2n) is 4.61. The van der Waals surface area contributed by atoms with Crippen molar-refractivity contribution >= 4 is 21.6 Å². The molecule has 2 aromatic rings. The van der Waals surface area contributed by atoms with Gasteiger partial charge in [-0.1, -0.05) is 23.7 Å². The summed E-state index contributed by atoms with van der Waals surface area (Å²) in [5.41, 5.74) is 0.351. The van der Waals surface area contributed by atoms with Gasteiger partial charge in [-0.25, -0.2) is 12.8 Å². The molecule has 118 valence electrons. The molecule has 0 fully saturated rings. The number of sulfonamides is 1. The third-order valence-corrected chi connectivity index (χ3v) is 5.24. The van der Waals surface area contributed by atoms with Crippen molar-refractivity contribution in [3.8, 4) is 0 Å². The molecule has 0 aliphatic rings. The van der Waals surface area contributed by atoms with E-state index in [4.69, 9.17) is 11.6 Å². The maximum atomic E-state index is 13.3. The third kappa shape index (κ3) is 3.44. The van der Waals surface area contributed by atoms with Crippen molar-refractivity contribution in [2.45, 2.75) is 10.9 Å². The first-order valence-corrected chi connectivity index (χ1v) is 8.13. The van der Waals surface area contributed by atoms with Gasteiger partial charge in [0, 0.05) is 19.4 Å². The number of hydrogen-bond acceptors (Lipinski definition) is 4. The number of aromatic nitrogens is 1. The summed E-state index contributed by atoms with van der Waals surface area (Å²) >= 11 is 5.76.